The number of nitrogens with zero attached hydrogens (tertiary/aromatic N) is 2. The van der Waals surface area contributed by atoms with Gasteiger partial charge in [0.25, 0.3) is 6.26 Å². The number of aliphatic imine (C=N–C) groups is 1. The molecular weight excluding hydrogens is 404 g/mol. The van der Waals surface area contributed by atoms with Gasteiger partial charge in [0.15, 0.2) is 0 Å². The summed E-state index contributed by atoms with van der Waals surface area (Å²) >= 11 is 0. The summed E-state index contributed by atoms with van der Waals surface area (Å²) in [4.78, 5) is 58.4. The molecule has 12 heteroatoms. The molecule has 0 heterocycles. The first kappa shape index (κ1) is 26.5. The van der Waals surface area contributed by atoms with Gasteiger partial charge in [0.2, 0.25) is 6.08 Å². The van der Waals surface area contributed by atoms with E-state index in [1.807, 2.05) is 0 Å². The smallest absolute Gasteiger partial charge is 0.309 e. The summed E-state index contributed by atoms with van der Waals surface area (Å²) in [7, 11) is 0. The minimum absolute atomic E-state index is 0.00548. The highest BCUT2D eigenvalue weighted by Gasteiger charge is 2.08. The number of carbonyl (C=O) groups excluding carboxylic acids is 5. The molecule has 0 atom stereocenters. The van der Waals surface area contributed by atoms with Gasteiger partial charge in [0, 0.05) is 12.8 Å². The van der Waals surface area contributed by atoms with Gasteiger partial charge in [0.1, 0.15) is 33.0 Å². The largest absolute Gasteiger partial charge is 0.462 e. The lowest BCUT2D eigenvalue weighted by molar-refractivity contribution is -0.153. The van der Waals surface area contributed by atoms with E-state index in [2.05, 4.69) is 9.73 Å². The number of carbonyl (C=O) groups is 4. The van der Waals surface area contributed by atoms with Gasteiger partial charge in [-0.3, -0.25) is 19.2 Å². The molecule has 0 radical (unpaired) electrons. The molecule has 0 aromatic carbocycles. The zero-order chi connectivity index (χ0) is 22.5. The highest BCUT2D eigenvalue weighted by Crippen LogP contribution is 2.03. The molecule has 0 bridgehead atoms. The Hall–Kier alpha value is -3.45. The zero-order valence-corrected chi connectivity index (χ0v) is 16.5. The molecule has 0 aliphatic heterocycles. The molecule has 0 unspecified atom stereocenters. The summed E-state index contributed by atoms with van der Waals surface area (Å²) in [6.45, 7) is -0.456. The summed E-state index contributed by atoms with van der Waals surface area (Å²) < 4.78 is 23.6. The van der Waals surface area contributed by atoms with Crippen molar-refractivity contribution in [2.45, 2.75) is 38.5 Å². The molecule has 0 rings (SSSR count). The second-order valence-electron chi connectivity index (χ2n) is 5.50. The van der Waals surface area contributed by atoms with E-state index in [4.69, 9.17) is 24.2 Å². The number of nitriles is 1. The summed E-state index contributed by atoms with van der Waals surface area (Å²) in [6.07, 6.45) is 3.60. The van der Waals surface area contributed by atoms with Gasteiger partial charge in [-0.1, -0.05) is 0 Å². The molecule has 0 saturated carbocycles. The maximum Gasteiger partial charge on any atom is 0.309 e. The lowest BCUT2D eigenvalue weighted by Crippen LogP contribution is -2.15. The first-order valence-electron chi connectivity index (χ1n) is 9.16. The SMILES string of the molecule is N#COCCC(=O)OCCOC(=O)CCCCC(=O)OCCOC(=O)CCN=C=O. The van der Waals surface area contributed by atoms with Crippen LogP contribution in [0, 0.1) is 11.5 Å². The fourth-order valence-corrected chi connectivity index (χ4v) is 1.82. The van der Waals surface area contributed by atoms with Crippen molar-refractivity contribution in [2.24, 2.45) is 4.99 Å². The van der Waals surface area contributed by atoms with Crippen molar-refractivity contribution >= 4 is 30.0 Å². The van der Waals surface area contributed by atoms with E-state index in [9.17, 15) is 24.0 Å². The highest BCUT2D eigenvalue weighted by atomic mass is 16.6. The van der Waals surface area contributed by atoms with E-state index in [1.54, 1.807) is 0 Å². The Morgan fingerprint density at radius 3 is 1.53 bits per heavy atom. The van der Waals surface area contributed by atoms with Crippen LogP contribution in [0.25, 0.3) is 0 Å². The van der Waals surface area contributed by atoms with Crippen LogP contribution in [0.3, 0.4) is 0 Å². The Kier molecular flexibility index (Phi) is 16.7. The normalized spacial score (nSPS) is 9.43. The fraction of sp³-hybridized carbons (Fsp3) is 0.667. The summed E-state index contributed by atoms with van der Waals surface area (Å²) in [5, 5.41) is 8.14. The maximum absolute atomic E-state index is 11.5. The van der Waals surface area contributed by atoms with Crippen molar-refractivity contribution in [1.29, 1.82) is 5.26 Å². The molecular formula is C18H24N2O10. The van der Waals surface area contributed by atoms with E-state index in [0.717, 1.165) is 0 Å². The van der Waals surface area contributed by atoms with E-state index >= 15 is 0 Å². The number of esters is 4. The molecule has 12 nitrogen and oxygen atoms in total. The van der Waals surface area contributed by atoms with Crippen LogP contribution in [0.15, 0.2) is 4.99 Å². The molecule has 0 aliphatic rings. The average molecular weight is 428 g/mol. The van der Waals surface area contributed by atoms with Crippen LogP contribution in [-0.2, 0) is 47.7 Å². The van der Waals surface area contributed by atoms with Crippen molar-refractivity contribution in [3.8, 4) is 6.26 Å². The van der Waals surface area contributed by atoms with Gasteiger partial charge in [0.05, 0.1) is 19.4 Å². The van der Waals surface area contributed by atoms with E-state index in [0.29, 0.717) is 12.8 Å². The third-order valence-electron chi connectivity index (χ3n) is 3.20. The van der Waals surface area contributed by atoms with Crippen molar-refractivity contribution in [2.75, 3.05) is 39.6 Å². The molecule has 0 aromatic heterocycles. The molecule has 0 saturated heterocycles. The predicted octanol–water partition coefficient (Wildman–Crippen LogP) is 0.333. The molecule has 166 valence electrons. The first-order chi connectivity index (χ1) is 14.5. The van der Waals surface area contributed by atoms with Crippen molar-refractivity contribution in [1.82, 2.24) is 0 Å². The standard InChI is InChI=1S/C18H24N2O10/c19-13-26-8-6-18(25)30-12-10-28-16(23)4-2-1-3-15(22)27-9-11-29-17(24)5-7-20-14-21/h1-12H2. The summed E-state index contributed by atoms with van der Waals surface area (Å²) in [5.41, 5.74) is 0. The van der Waals surface area contributed by atoms with Crippen LogP contribution in [0.4, 0.5) is 0 Å². The van der Waals surface area contributed by atoms with Crippen molar-refractivity contribution in [3.05, 3.63) is 0 Å². The third-order valence-corrected chi connectivity index (χ3v) is 3.20. The van der Waals surface area contributed by atoms with Gasteiger partial charge in [-0.2, -0.15) is 5.26 Å². The Balaban J connectivity index is 3.54. The van der Waals surface area contributed by atoms with Gasteiger partial charge in [-0.15, -0.1) is 0 Å². The number of rotatable bonds is 17. The van der Waals surface area contributed by atoms with Gasteiger partial charge in [-0.05, 0) is 12.8 Å². The Morgan fingerprint density at radius 1 is 0.667 bits per heavy atom. The Morgan fingerprint density at radius 2 is 1.10 bits per heavy atom. The minimum atomic E-state index is -0.568. The molecule has 0 aliphatic carbocycles. The molecule has 0 N–H and O–H groups in total. The molecule has 0 spiro atoms. The molecule has 30 heavy (non-hydrogen) atoms. The molecule has 0 fully saturated rings. The summed E-state index contributed by atoms with van der Waals surface area (Å²) in [6, 6.07) is 0. The monoisotopic (exact) mass is 428 g/mol. The quantitative estimate of drug-likeness (QED) is 0.0781. The van der Waals surface area contributed by atoms with E-state index < -0.39 is 23.9 Å². The van der Waals surface area contributed by atoms with Crippen molar-refractivity contribution in [3.63, 3.8) is 0 Å². The van der Waals surface area contributed by atoms with E-state index in [-0.39, 0.29) is 65.3 Å². The first-order valence-corrected chi connectivity index (χ1v) is 9.16. The fourth-order valence-electron chi connectivity index (χ4n) is 1.82. The van der Waals surface area contributed by atoms with Gasteiger partial charge in [-0.25, -0.2) is 9.79 Å². The van der Waals surface area contributed by atoms with Gasteiger partial charge >= 0.3 is 23.9 Å². The molecule has 0 aromatic rings. The number of hydrogen-bond acceptors (Lipinski definition) is 12. The number of hydrogen-bond donors (Lipinski definition) is 0. The lowest BCUT2D eigenvalue weighted by Gasteiger charge is -2.07. The topological polar surface area (TPSA) is 168 Å². The Bertz CT molecular complexity index is 637. The van der Waals surface area contributed by atoms with Crippen LogP contribution in [0.1, 0.15) is 38.5 Å². The lowest BCUT2D eigenvalue weighted by atomic mass is 10.2. The van der Waals surface area contributed by atoms with Crippen molar-refractivity contribution < 1.29 is 47.7 Å². The second kappa shape index (κ2) is 18.9. The third kappa shape index (κ3) is 17.9. The van der Waals surface area contributed by atoms with Crippen LogP contribution >= 0.6 is 0 Å². The van der Waals surface area contributed by atoms with E-state index in [1.165, 1.54) is 12.3 Å². The van der Waals surface area contributed by atoms with Crippen LogP contribution in [-0.4, -0.2) is 69.5 Å². The number of isocyanates is 1. The van der Waals surface area contributed by atoms with Gasteiger partial charge < -0.3 is 23.7 Å². The highest BCUT2D eigenvalue weighted by molar-refractivity contribution is 5.71. The van der Waals surface area contributed by atoms with Crippen LogP contribution < -0.4 is 0 Å². The van der Waals surface area contributed by atoms with Crippen LogP contribution in [0.2, 0.25) is 0 Å². The average Bonchev–Trinajstić information content (AvgIpc) is 2.72. The van der Waals surface area contributed by atoms with Crippen LogP contribution in [0.5, 0.6) is 0 Å². The number of unbranched alkanes of at least 4 members (excludes halogenated alkanes) is 1. The Labute approximate surface area is 173 Å². The summed E-state index contributed by atoms with van der Waals surface area (Å²) in [5.74, 6) is -2.11. The maximum atomic E-state index is 11.5. The zero-order valence-electron chi connectivity index (χ0n) is 16.5. The predicted molar refractivity (Wildman–Crippen MR) is 96.1 cm³/mol. The second-order valence-corrected chi connectivity index (χ2v) is 5.50. The minimum Gasteiger partial charge on any atom is -0.462 e. The molecule has 0 amide bonds. The number of ether oxygens (including phenoxy) is 5.